The van der Waals surface area contributed by atoms with Crippen LogP contribution in [-0.2, 0) is 9.59 Å². The Hall–Kier alpha value is -3.46. The first-order valence-electron chi connectivity index (χ1n) is 10.6. The molecule has 10 heteroatoms. The molecule has 3 aromatic rings. The lowest BCUT2D eigenvalue weighted by Gasteiger charge is -2.24. The molecular formula is C25H20Cl2N4O3S. The number of anilines is 2. The van der Waals surface area contributed by atoms with Crippen LogP contribution in [0.1, 0.15) is 22.3 Å². The van der Waals surface area contributed by atoms with Crippen molar-refractivity contribution in [2.24, 2.45) is 0 Å². The highest BCUT2D eigenvalue weighted by Crippen LogP contribution is 2.28. The van der Waals surface area contributed by atoms with Gasteiger partial charge in [0.15, 0.2) is 0 Å². The highest BCUT2D eigenvalue weighted by molar-refractivity contribution is 7.80. The van der Waals surface area contributed by atoms with E-state index in [0.717, 1.165) is 5.56 Å². The van der Waals surface area contributed by atoms with Gasteiger partial charge in [-0.2, -0.15) is 0 Å². The maximum absolute atomic E-state index is 13.4. The van der Waals surface area contributed by atoms with E-state index in [-0.39, 0.29) is 11.5 Å². The first-order chi connectivity index (χ1) is 16.7. The molecule has 7 nitrogen and oxygen atoms in total. The summed E-state index contributed by atoms with van der Waals surface area (Å²) in [5.41, 5.74) is 5.05. The molecule has 3 amide bonds. The van der Waals surface area contributed by atoms with E-state index in [1.807, 2.05) is 25.1 Å². The molecule has 0 radical (unpaired) electrons. The lowest BCUT2D eigenvalue weighted by atomic mass is 10.1. The smallest absolute Gasteiger partial charge is 0.269 e. The van der Waals surface area contributed by atoms with Crippen molar-refractivity contribution in [3.8, 4) is 0 Å². The van der Waals surface area contributed by atoms with Crippen molar-refractivity contribution in [2.45, 2.75) is 19.4 Å². The number of hydrogen-bond acceptors (Lipinski definition) is 4. The average Bonchev–Trinajstić information content (AvgIpc) is 3.04. The predicted octanol–water partition coefficient (Wildman–Crippen LogP) is 4.98. The summed E-state index contributed by atoms with van der Waals surface area (Å²) in [6.07, 6.45) is -0.238. The lowest BCUT2D eigenvalue weighted by molar-refractivity contribution is -0.124. The molecule has 1 saturated heterocycles. The fraction of sp³-hybridized carbons (Fsp3) is 0.120. The zero-order valence-electron chi connectivity index (χ0n) is 18.5. The summed E-state index contributed by atoms with van der Waals surface area (Å²) in [6.45, 7) is 1.91. The van der Waals surface area contributed by atoms with Gasteiger partial charge in [0, 0.05) is 21.3 Å². The van der Waals surface area contributed by atoms with Crippen LogP contribution in [0, 0.1) is 6.92 Å². The van der Waals surface area contributed by atoms with E-state index >= 15 is 0 Å². The summed E-state index contributed by atoms with van der Waals surface area (Å²) in [4.78, 5) is 40.5. The maximum Gasteiger partial charge on any atom is 0.269 e. The number of carbonyl (C=O) groups excluding carboxylic acids is 3. The van der Waals surface area contributed by atoms with Crippen molar-refractivity contribution < 1.29 is 14.4 Å². The van der Waals surface area contributed by atoms with Crippen LogP contribution in [0.15, 0.2) is 72.8 Å². The highest BCUT2D eigenvalue weighted by atomic mass is 35.5. The first-order valence-corrected chi connectivity index (χ1v) is 11.7. The Labute approximate surface area is 217 Å². The van der Waals surface area contributed by atoms with Gasteiger partial charge in [-0.05, 0) is 85.4 Å². The summed E-state index contributed by atoms with van der Waals surface area (Å²) >= 11 is 17.5. The number of carbonyl (C=O) groups is 3. The SMILES string of the molecule is Cc1cccc(NC(=O)CC2C(=O)N(c3ccc(Cl)cc3)C(=S)N2NC(=O)c2ccc(Cl)cc2)c1. The van der Waals surface area contributed by atoms with Crippen molar-refractivity contribution >= 4 is 69.6 Å². The minimum absolute atomic E-state index is 0.0352. The molecule has 35 heavy (non-hydrogen) atoms. The van der Waals surface area contributed by atoms with Crippen molar-refractivity contribution in [3.63, 3.8) is 0 Å². The van der Waals surface area contributed by atoms with Crippen LogP contribution >= 0.6 is 35.4 Å². The molecule has 0 saturated carbocycles. The van der Waals surface area contributed by atoms with E-state index in [4.69, 9.17) is 35.4 Å². The zero-order valence-corrected chi connectivity index (χ0v) is 20.8. The molecule has 1 fully saturated rings. The Morgan fingerprint density at radius 2 is 1.60 bits per heavy atom. The first kappa shape index (κ1) is 24.7. The third-order valence-electron chi connectivity index (χ3n) is 5.31. The minimum atomic E-state index is -1.06. The van der Waals surface area contributed by atoms with E-state index in [2.05, 4.69) is 10.7 Å². The molecule has 0 aliphatic carbocycles. The molecule has 3 aromatic carbocycles. The van der Waals surface area contributed by atoms with Gasteiger partial charge in [0.2, 0.25) is 11.0 Å². The number of amides is 3. The van der Waals surface area contributed by atoms with Crippen LogP contribution in [0.2, 0.25) is 10.0 Å². The molecule has 0 spiro atoms. The van der Waals surface area contributed by atoms with Crippen LogP contribution in [0.3, 0.4) is 0 Å². The summed E-state index contributed by atoms with van der Waals surface area (Å²) in [5, 5.41) is 5.05. The van der Waals surface area contributed by atoms with E-state index in [0.29, 0.717) is 27.0 Å². The summed E-state index contributed by atoms with van der Waals surface area (Å²) < 4.78 is 0. The van der Waals surface area contributed by atoms with E-state index < -0.39 is 23.8 Å². The van der Waals surface area contributed by atoms with Gasteiger partial charge in [0.1, 0.15) is 6.04 Å². The van der Waals surface area contributed by atoms with Crippen LogP contribution < -0.4 is 15.6 Å². The molecular weight excluding hydrogens is 507 g/mol. The second-order valence-corrected chi connectivity index (χ2v) is 9.13. The van der Waals surface area contributed by atoms with Crippen molar-refractivity contribution in [3.05, 3.63) is 94.0 Å². The summed E-state index contributed by atoms with van der Waals surface area (Å²) in [6, 6.07) is 19.0. The van der Waals surface area contributed by atoms with Crippen LogP contribution in [0.5, 0.6) is 0 Å². The highest BCUT2D eigenvalue weighted by Gasteiger charge is 2.45. The van der Waals surface area contributed by atoms with Crippen LogP contribution in [0.4, 0.5) is 11.4 Å². The van der Waals surface area contributed by atoms with Gasteiger partial charge < -0.3 is 5.32 Å². The number of hydrazine groups is 1. The Morgan fingerprint density at radius 1 is 0.971 bits per heavy atom. The van der Waals surface area contributed by atoms with Gasteiger partial charge in [-0.25, -0.2) is 5.01 Å². The van der Waals surface area contributed by atoms with Crippen molar-refractivity contribution in [1.82, 2.24) is 10.4 Å². The van der Waals surface area contributed by atoms with Crippen LogP contribution in [-0.4, -0.2) is 33.9 Å². The molecule has 1 heterocycles. The minimum Gasteiger partial charge on any atom is -0.326 e. The van der Waals surface area contributed by atoms with E-state index in [1.165, 1.54) is 9.91 Å². The quantitative estimate of drug-likeness (QED) is 0.442. The number of nitrogens with zero attached hydrogens (tertiary/aromatic N) is 2. The number of aryl methyl sites for hydroxylation is 1. The molecule has 178 valence electrons. The standard InChI is InChI=1S/C25H20Cl2N4O3S/c1-15-3-2-4-19(13-15)28-22(32)14-21-24(34)30(20-11-9-18(27)10-12-20)25(35)31(21)29-23(33)16-5-7-17(26)8-6-16/h2-13,21H,14H2,1H3,(H,28,32)(H,29,33). The van der Waals surface area contributed by atoms with Gasteiger partial charge in [0.25, 0.3) is 11.8 Å². The summed E-state index contributed by atoms with van der Waals surface area (Å²) in [5.74, 6) is -1.35. The number of hydrogen-bond donors (Lipinski definition) is 2. The fourth-order valence-electron chi connectivity index (χ4n) is 3.61. The molecule has 4 rings (SSSR count). The molecule has 1 aliphatic rings. The van der Waals surface area contributed by atoms with Gasteiger partial charge >= 0.3 is 0 Å². The third kappa shape index (κ3) is 5.62. The molecule has 1 unspecified atom stereocenters. The van der Waals surface area contributed by atoms with Crippen molar-refractivity contribution in [2.75, 3.05) is 10.2 Å². The van der Waals surface area contributed by atoms with E-state index in [1.54, 1.807) is 54.6 Å². The van der Waals surface area contributed by atoms with Gasteiger partial charge in [0.05, 0.1) is 12.1 Å². The number of halogens is 2. The molecule has 2 N–H and O–H groups in total. The predicted molar refractivity (Wildman–Crippen MR) is 141 cm³/mol. The number of benzene rings is 3. The third-order valence-corrected chi connectivity index (χ3v) is 6.19. The van der Waals surface area contributed by atoms with Gasteiger partial charge in [-0.15, -0.1) is 0 Å². The Bertz CT molecular complexity index is 1300. The topological polar surface area (TPSA) is 81.8 Å². The van der Waals surface area contributed by atoms with Crippen LogP contribution in [0.25, 0.3) is 0 Å². The average molecular weight is 527 g/mol. The number of rotatable bonds is 6. The monoisotopic (exact) mass is 526 g/mol. The molecule has 1 aliphatic heterocycles. The second-order valence-electron chi connectivity index (χ2n) is 7.89. The largest absolute Gasteiger partial charge is 0.326 e. The van der Waals surface area contributed by atoms with Gasteiger partial charge in [-0.3, -0.25) is 24.7 Å². The summed E-state index contributed by atoms with van der Waals surface area (Å²) in [7, 11) is 0. The Balaban J connectivity index is 1.60. The van der Waals surface area contributed by atoms with Gasteiger partial charge in [-0.1, -0.05) is 35.3 Å². The Kier molecular flexibility index (Phi) is 7.35. The number of nitrogens with one attached hydrogen (secondary N) is 2. The fourth-order valence-corrected chi connectivity index (χ4v) is 4.23. The Morgan fingerprint density at radius 3 is 2.23 bits per heavy atom. The molecule has 0 aromatic heterocycles. The maximum atomic E-state index is 13.4. The van der Waals surface area contributed by atoms with Crippen molar-refractivity contribution in [1.29, 1.82) is 0 Å². The molecule has 0 bridgehead atoms. The lowest BCUT2D eigenvalue weighted by Crippen LogP contribution is -2.49. The normalized spacial score (nSPS) is 15.3. The molecule has 1 atom stereocenters. The zero-order chi connectivity index (χ0) is 25.1. The number of thiocarbonyl (C=S) groups is 1. The van der Waals surface area contributed by atoms with E-state index in [9.17, 15) is 14.4 Å². The second kappa shape index (κ2) is 10.4.